The molecular weight excluding hydrogens is 345 g/mol. The maximum atomic E-state index is 14.4. The molecule has 2 amide bonds. The number of anilines is 2. The first-order valence-electron chi connectivity index (χ1n) is 8.80. The Morgan fingerprint density at radius 1 is 1.15 bits per heavy atom. The van der Waals surface area contributed by atoms with Crippen molar-refractivity contribution in [2.24, 2.45) is 0 Å². The molecule has 0 aliphatic carbocycles. The van der Waals surface area contributed by atoms with Crippen LogP contribution in [0.5, 0.6) is 0 Å². The van der Waals surface area contributed by atoms with E-state index in [0.717, 1.165) is 23.0 Å². The fourth-order valence-electron chi connectivity index (χ4n) is 3.28. The van der Waals surface area contributed by atoms with Gasteiger partial charge in [0.05, 0.1) is 11.2 Å². The van der Waals surface area contributed by atoms with E-state index in [1.807, 2.05) is 19.1 Å². The average Bonchev–Trinajstić information content (AvgIpc) is 3.07. The predicted octanol–water partition coefficient (Wildman–Crippen LogP) is 4.06. The summed E-state index contributed by atoms with van der Waals surface area (Å²) in [4.78, 5) is 30.2. The van der Waals surface area contributed by atoms with Crippen LogP contribution in [0.4, 0.5) is 15.8 Å². The van der Waals surface area contributed by atoms with Crippen LogP contribution in [0.1, 0.15) is 28.9 Å². The van der Waals surface area contributed by atoms with Gasteiger partial charge in [-0.15, -0.1) is 0 Å². The molecular formula is C21H18FN3O2. The molecule has 1 saturated heterocycles. The van der Waals surface area contributed by atoms with Crippen LogP contribution in [0.2, 0.25) is 0 Å². The Bertz CT molecular complexity index is 1060. The number of rotatable bonds is 3. The van der Waals surface area contributed by atoms with Gasteiger partial charge < -0.3 is 10.2 Å². The summed E-state index contributed by atoms with van der Waals surface area (Å²) in [7, 11) is 0. The van der Waals surface area contributed by atoms with E-state index in [1.165, 1.54) is 17.0 Å². The number of nitrogens with zero attached hydrogens (tertiary/aromatic N) is 2. The third-order valence-electron chi connectivity index (χ3n) is 4.66. The van der Waals surface area contributed by atoms with E-state index in [4.69, 9.17) is 0 Å². The highest BCUT2D eigenvalue weighted by atomic mass is 19.1. The Balaban J connectivity index is 1.55. The summed E-state index contributed by atoms with van der Waals surface area (Å²) in [6, 6.07) is 13.4. The largest absolute Gasteiger partial charge is 0.322 e. The zero-order valence-corrected chi connectivity index (χ0v) is 14.8. The van der Waals surface area contributed by atoms with Gasteiger partial charge in [-0.2, -0.15) is 0 Å². The van der Waals surface area contributed by atoms with Gasteiger partial charge in [0.15, 0.2) is 0 Å². The molecule has 1 aliphatic rings. The van der Waals surface area contributed by atoms with Crippen molar-refractivity contribution in [1.82, 2.24) is 4.98 Å². The molecule has 0 atom stereocenters. The van der Waals surface area contributed by atoms with Gasteiger partial charge in [0.25, 0.3) is 5.91 Å². The molecule has 1 aliphatic heterocycles. The van der Waals surface area contributed by atoms with Crippen LogP contribution < -0.4 is 10.2 Å². The molecule has 0 radical (unpaired) electrons. The molecule has 3 aromatic rings. The van der Waals surface area contributed by atoms with Crippen molar-refractivity contribution in [3.8, 4) is 0 Å². The third kappa shape index (κ3) is 3.38. The van der Waals surface area contributed by atoms with E-state index in [0.29, 0.717) is 24.2 Å². The van der Waals surface area contributed by atoms with E-state index in [-0.39, 0.29) is 17.5 Å². The van der Waals surface area contributed by atoms with E-state index in [2.05, 4.69) is 10.3 Å². The molecule has 0 bridgehead atoms. The first kappa shape index (κ1) is 17.1. The van der Waals surface area contributed by atoms with Gasteiger partial charge in [-0.05, 0) is 55.8 Å². The summed E-state index contributed by atoms with van der Waals surface area (Å²) >= 11 is 0. The average molecular weight is 363 g/mol. The number of carbonyl (C=O) groups excluding carboxylic acids is 2. The minimum Gasteiger partial charge on any atom is -0.322 e. The Labute approximate surface area is 155 Å². The number of pyridine rings is 1. The molecule has 1 N–H and O–H groups in total. The van der Waals surface area contributed by atoms with Gasteiger partial charge in [0.2, 0.25) is 5.91 Å². The first-order chi connectivity index (χ1) is 13.0. The first-order valence-corrected chi connectivity index (χ1v) is 8.80. The normalized spacial score (nSPS) is 14.0. The minimum absolute atomic E-state index is 0.0781. The summed E-state index contributed by atoms with van der Waals surface area (Å²) in [6.45, 7) is 2.43. The van der Waals surface area contributed by atoms with Crippen molar-refractivity contribution >= 4 is 34.1 Å². The topological polar surface area (TPSA) is 62.3 Å². The third-order valence-corrected chi connectivity index (χ3v) is 4.66. The molecule has 1 fully saturated rings. The molecule has 4 rings (SSSR count). The van der Waals surface area contributed by atoms with Crippen LogP contribution in [0.15, 0.2) is 48.5 Å². The maximum absolute atomic E-state index is 14.4. The van der Waals surface area contributed by atoms with Crippen molar-refractivity contribution < 1.29 is 14.0 Å². The van der Waals surface area contributed by atoms with Crippen LogP contribution in [0.3, 0.4) is 0 Å². The van der Waals surface area contributed by atoms with Crippen molar-refractivity contribution in [3.63, 3.8) is 0 Å². The molecule has 2 heterocycles. The van der Waals surface area contributed by atoms with Gasteiger partial charge in [-0.1, -0.05) is 6.07 Å². The monoisotopic (exact) mass is 363 g/mol. The molecule has 1 aromatic heterocycles. The van der Waals surface area contributed by atoms with E-state index in [1.54, 1.807) is 24.3 Å². The van der Waals surface area contributed by atoms with Gasteiger partial charge in [-0.25, -0.2) is 4.39 Å². The minimum atomic E-state index is -0.527. The zero-order valence-electron chi connectivity index (χ0n) is 14.8. The number of hydrogen-bond donors (Lipinski definition) is 1. The van der Waals surface area contributed by atoms with E-state index >= 15 is 0 Å². The molecule has 0 saturated carbocycles. The number of fused-ring (bicyclic) bond motifs is 1. The lowest BCUT2D eigenvalue weighted by Crippen LogP contribution is -2.24. The standard InChI is InChI=1S/C21H18FN3O2/c1-13-4-5-14-11-15(6-8-18(14)23-13)21(27)24-16-7-9-19(17(22)12-16)25-10-2-3-20(25)26/h4-9,11-12H,2-3,10H2,1H3,(H,24,27). The SMILES string of the molecule is Cc1ccc2cc(C(=O)Nc3ccc(N4CCCC4=O)c(F)c3)ccc2n1. The van der Waals surface area contributed by atoms with Crippen molar-refractivity contribution in [2.75, 3.05) is 16.8 Å². The van der Waals surface area contributed by atoms with Crippen LogP contribution >= 0.6 is 0 Å². The molecule has 5 nitrogen and oxygen atoms in total. The lowest BCUT2D eigenvalue weighted by Gasteiger charge is -2.17. The Hall–Kier alpha value is -3.28. The molecule has 2 aromatic carbocycles. The smallest absolute Gasteiger partial charge is 0.255 e. The Kier molecular flexibility index (Phi) is 4.32. The van der Waals surface area contributed by atoms with Crippen LogP contribution in [0, 0.1) is 12.7 Å². The zero-order chi connectivity index (χ0) is 19.0. The highest BCUT2D eigenvalue weighted by Gasteiger charge is 2.24. The molecule has 0 spiro atoms. The number of carbonyl (C=O) groups is 2. The van der Waals surface area contributed by atoms with Crippen LogP contribution in [-0.2, 0) is 4.79 Å². The number of nitrogens with one attached hydrogen (secondary N) is 1. The second-order valence-corrected chi connectivity index (χ2v) is 6.63. The number of aryl methyl sites for hydroxylation is 1. The van der Waals surface area contributed by atoms with Gasteiger partial charge in [0.1, 0.15) is 5.82 Å². The van der Waals surface area contributed by atoms with Crippen molar-refractivity contribution in [3.05, 3.63) is 65.6 Å². The Morgan fingerprint density at radius 2 is 2.00 bits per heavy atom. The number of aromatic nitrogens is 1. The Morgan fingerprint density at radius 3 is 2.74 bits per heavy atom. The predicted molar refractivity (Wildman–Crippen MR) is 102 cm³/mol. The van der Waals surface area contributed by atoms with Crippen molar-refractivity contribution in [2.45, 2.75) is 19.8 Å². The number of amides is 2. The number of hydrogen-bond acceptors (Lipinski definition) is 3. The summed E-state index contributed by atoms with van der Waals surface area (Å²) in [5.74, 6) is -0.936. The summed E-state index contributed by atoms with van der Waals surface area (Å²) in [5.41, 5.74) is 2.79. The second-order valence-electron chi connectivity index (χ2n) is 6.63. The highest BCUT2D eigenvalue weighted by molar-refractivity contribution is 6.06. The van der Waals surface area contributed by atoms with E-state index < -0.39 is 5.82 Å². The van der Waals surface area contributed by atoms with E-state index in [9.17, 15) is 14.0 Å². The molecule has 136 valence electrons. The maximum Gasteiger partial charge on any atom is 0.255 e. The number of benzene rings is 2. The molecule has 0 unspecified atom stereocenters. The highest BCUT2D eigenvalue weighted by Crippen LogP contribution is 2.27. The lowest BCUT2D eigenvalue weighted by atomic mass is 10.1. The fourth-order valence-corrected chi connectivity index (χ4v) is 3.28. The van der Waals surface area contributed by atoms with Crippen LogP contribution in [0.25, 0.3) is 10.9 Å². The number of halogens is 1. The fraction of sp³-hybridized carbons (Fsp3) is 0.190. The second kappa shape index (κ2) is 6.79. The van der Waals surface area contributed by atoms with Gasteiger partial charge in [-0.3, -0.25) is 14.6 Å². The molecule has 27 heavy (non-hydrogen) atoms. The van der Waals surface area contributed by atoms with Gasteiger partial charge in [0, 0.05) is 35.3 Å². The lowest BCUT2D eigenvalue weighted by molar-refractivity contribution is -0.117. The summed E-state index contributed by atoms with van der Waals surface area (Å²) < 4.78 is 14.4. The molecule has 6 heteroatoms. The van der Waals surface area contributed by atoms with Crippen molar-refractivity contribution in [1.29, 1.82) is 0 Å². The van der Waals surface area contributed by atoms with Gasteiger partial charge >= 0.3 is 0 Å². The summed E-state index contributed by atoms with van der Waals surface area (Å²) in [5, 5.41) is 3.56. The summed E-state index contributed by atoms with van der Waals surface area (Å²) in [6.07, 6.45) is 1.17. The quantitative estimate of drug-likeness (QED) is 0.763. The van der Waals surface area contributed by atoms with Crippen LogP contribution in [-0.4, -0.2) is 23.3 Å².